The maximum absolute atomic E-state index is 14.2. The highest BCUT2D eigenvalue weighted by molar-refractivity contribution is 5.99. The summed E-state index contributed by atoms with van der Waals surface area (Å²) in [5.74, 6) is -2.78. The van der Waals surface area contributed by atoms with Gasteiger partial charge in [0.25, 0.3) is 0 Å². The number of ether oxygens (including phenoxy) is 2. The minimum absolute atomic E-state index is 0.0108. The highest BCUT2D eigenvalue weighted by atomic mass is 16.6. The number of amides is 2. The Bertz CT molecular complexity index is 869. The minimum atomic E-state index is -1.28. The first-order valence-electron chi connectivity index (χ1n) is 12.7. The van der Waals surface area contributed by atoms with Crippen molar-refractivity contribution in [1.29, 1.82) is 0 Å². The second-order valence-electron chi connectivity index (χ2n) is 10.4. The summed E-state index contributed by atoms with van der Waals surface area (Å²) in [6.07, 6.45) is 10.1. The molecule has 4 rings (SSSR count). The number of fused-ring (bicyclic) bond motifs is 2. The van der Waals surface area contributed by atoms with Crippen molar-refractivity contribution in [2.24, 2.45) is 17.8 Å². The molecule has 34 heavy (non-hydrogen) atoms. The molecule has 1 N–H and O–H groups in total. The van der Waals surface area contributed by atoms with Gasteiger partial charge in [-0.3, -0.25) is 14.4 Å². The van der Waals surface area contributed by atoms with Crippen molar-refractivity contribution in [2.45, 2.75) is 83.2 Å². The maximum Gasteiger partial charge on any atom is 0.312 e. The highest BCUT2D eigenvalue weighted by Crippen LogP contribution is 2.54. The number of allylic oxidation sites excluding steroid dienone is 1. The van der Waals surface area contributed by atoms with Crippen molar-refractivity contribution >= 4 is 17.8 Å². The third-order valence-electron chi connectivity index (χ3n) is 7.87. The molecule has 2 amide bonds. The summed E-state index contributed by atoms with van der Waals surface area (Å²) in [4.78, 5) is 44.8. The molecule has 2 saturated heterocycles. The van der Waals surface area contributed by atoms with E-state index in [1.165, 1.54) is 4.90 Å². The number of likely N-dealkylation sites (tertiary alicyclic amines) is 1. The number of carbonyl (C=O) groups excluding carboxylic acids is 3. The van der Waals surface area contributed by atoms with E-state index in [0.717, 1.165) is 19.3 Å². The zero-order chi connectivity index (χ0) is 24.6. The number of aliphatic hydroxyl groups is 1. The Labute approximate surface area is 201 Å². The summed E-state index contributed by atoms with van der Waals surface area (Å²) < 4.78 is 12.1. The Balaban J connectivity index is 1.85. The molecule has 0 radical (unpaired) electrons. The van der Waals surface area contributed by atoms with Crippen LogP contribution < -0.4 is 0 Å². The van der Waals surface area contributed by atoms with Gasteiger partial charge in [-0.25, -0.2) is 0 Å². The van der Waals surface area contributed by atoms with Crippen molar-refractivity contribution in [3.8, 4) is 0 Å². The van der Waals surface area contributed by atoms with Crippen molar-refractivity contribution in [3.63, 3.8) is 0 Å². The number of carbonyl (C=O) groups is 3. The molecule has 188 valence electrons. The Kier molecular flexibility index (Phi) is 7.20. The van der Waals surface area contributed by atoms with E-state index in [1.807, 2.05) is 45.1 Å². The van der Waals surface area contributed by atoms with Crippen molar-refractivity contribution in [1.82, 2.24) is 9.80 Å². The van der Waals surface area contributed by atoms with E-state index >= 15 is 0 Å². The lowest BCUT2D eigenvalue weighted by molar-refractivity contribution is -0.157. The lowest BCUT2D eigenvalue weighted by Crippen LogP contribution is -2.60. The largest absolute Gasteiger partial charge is 0.465 e. The van der Waals surface area contributed by atoms with Crippen LogP contribution in [0.3, 0.4) is 0 Å². The third-order valence-corrected chi connectivity index (χ3v) is 7.87. The second-order valence-corrected chi connectivity index (χ2v) is 10.4. The molecule has 1 spiro atoms. The summed E-state index contributed by atoms with van der Waals surface area (Å²) in [6, 6.07) is -1.52. The molecule has 0 aromatic heterocycles. The van der Waals surface area contributed by atoms with Crippen molar-refractivity contribution in [3.05, 3.63) is 24.3 Å². The van der Waals surface area contributed by atoms with Crippen molar-refractivity contribution in [2.75, 3.05) is 19.8 Å². The summed E-state index contributed by atoms with van der Waals surface area (Å²) in [5.41, 5.74) is -1.28. The minimum Gasteiger partial charge on any atom is -0.465 e. The topological polar surface area (TPSA) is 96.4 Å². The molecule has 2 unspecified atom stereocenters. The molecular weight excluding hydrogens is 436 g/mol. The van der Waals surface area contributed by atoms with Gasteiger partial charge in [0.1, 0.15) is 17.6 Å². The van der Waals surface area contributed by atoms with Crippen LogP contribution in [0.1, 0.15) is 53.4 Å². The van der Waals surface area contributed by atoms with Gasteiger partial charge >= 0.3 is 5.97 Å². The fourth-order valence-electron chi connectivity index (χ4n) is 6.16. The van der Waals surface area contributed by atoms with E-state index in [4.69, 9.17) is 9.47 Å². The molecular formula is C26H38N2O6. The van der Waals surface area contributed by atoms with E-state index in [0.29, 0.717) is 13.0 Å². The van der Waals surface area contributed by atoms with Gasteiger partial charge in [-0.2, -0.15) is 0 Å². The SMILES string of the molecule is CCCC(C)N1CC=C[C@]23O[C@H]4/C=C\CCCOC(=O)[C@H]4[C@H]2C(=O)N([C@@H](CO)C(C)C)C3C1=O. The van der Waals surface area contributed by atoms with Gasteiger partial charge in [0.05, 0.1) is 31.3 Å². The van der Waals surface area contributed by atoms with Gasteiger partial charge in [-0.15, -0.1) is 0 Å². The molecule has 8 nitrogen and oxygen atoms in total. The summed E-state index contributed by atoms with van der Waals surface area (Å²) in [7, 11) is 0. The van der Waals surface area contributed by atoms with E-state index in [-0.39, 0.29) is 37.0 Å². The predicted octanol–water partition coefficient (Wildman–Crippen LogP) is 2.06. The van der Waals surface area contributed by atoms with Crippen LogP contribution in [0.25, 0.3) is 0 Å². The average molecular weight is 475 g/mol. The Hall–Kier alpha value is -2.19. The molecule has 2 fully saturated rings. The standard InChI is InChI=1S/C26H38N2O6/c1-5-10-17(4)27-13-9-12-26-21(20-19(34-26)11-7-6-8-14-33-25(20)32)23(30)28(22(26)24(27)31)18(15-29)16(2)3/h7,9,11-12,16-22,29H,5-6,8,10,13-15H2,1-4H3/b11-7-/t17?,18-,19-,20+,21-,22?,26-/m0/s1. The highest BCUT2D eigenvalue weighted by Gasteiger charge is 2.72. The van der Waals surface area contributed by atoms with Crippen LogP contribution >= 0.6 is 0 Å². The van der Waals surface area contributed by atoms with E-state index in [2.05, 4.69) is 6.92 Å². The third kappa shape index (κ3) is 3.88. The first kappa shape index (κ1) is 24.9. The summed E-state index contributed by atoms with van der Waals surface area (Å²) in [5, 5.41) is 10.3. The van der Waals surface area contributed by atoms with Crippen LogP contribution in [-0.4, -0.2) is 82.3 Å². The Morgan fingerprint density at radius 2 is 1.94 bits per heavy atom. The van der Waals surface area contributed by atoms with Crippen LogP contribution in [0.2, 0.25) is 0 Å². The van der Waals surface area contributed by atoms with Crippen LogP contribution in [-0.2, 0) is 23.9 Å². The van der Waals surface area contributed by atoms with Crippen molar-refractivity contribution < 1.29 is 29.0 Å². The average Bonchev–Trinajstić information content (AvgIpc) is 3.19. The normalized spacial score (nSPS) is 36.1. The van der Waals surface area contributed by atoms with Gasteiger partial charge < -0.3 is 24.4 Å². The van der Waals surface area contributed by atoms with Gasteiger partial charge in [-0.05, 0) is 32.1 Å². The van der Waals surface area contributed by atoms with Gasteiger partial charge in [0.15, 0.2) is 0 Å². The van der Waals surface area contributed by atoms with Gasteiger partial charge in [0, 0.05) is 12.6 Å². The first-order valence-corrected chi connectivity index (χ1v) is 12.7. The fourth-order valence-corrected chi connectivity index (χ4v) is 6.16. The van der Waals surface area contributed by atoms with Crippen LogP contribution in [0.15, 0.2) is 24.3 Å². The zero-order valence-electron chi connectivity index (χ0n) is 20.7. The number of nitrogens with zero attached hydrogens (tertiary/aromatic N) is 2. The lowest BCUT2D eigenvalue weighted by atomic mass is 9.78. The Morgan fingerprint density at radius 1 is 1.18 bits per heavy atom. The summed E-state index contributed by atoms with van der Waals surface area (Å²) in [6.45, 7) is 8.37. The Morgan fingerprint density at radius 3 is 2.62 bits per heavy atom. The number of hydrogen-bond acceptors (Lipinski definition) is 6. The fraction of sp³-hybridized carbons (Fsp3) is 0.731. The number of esters is 1. The second kappa shape index (κ2) is 9.82. The van der Waals surface area contributed by atoms with Gasteiger partial charge in [-0.1, -0.05) is 51.5 Å². The molecule has 4 heterocycles. The monoisotopic (exact) mass is 474 g/mol. The van der Waals surface area contributed by atoms with Crippen LogP contribution in [0.5, 0.6) is 0 Å². The van der Waals surface area contributed by atoms with Crippen LogP contribution in [0, 0.1) is 17.8 Å². The molecule has 4 aliphatic heterocycles. The number of hydrogen-bond donors (Lipinski definition) is 1. The van der Waals surface area contributed by atoms with Crippen LogP contribution in [0.4, 0.5) is 0 Å². The number of cyclic esters (lactones) is 1. The summed E-state index contributed by atoms with van der Waals surface area (Å²) >= 11 is 0. The zero-order valence-corrected chi connectivity index (χ0v) is 20.7. The molecule has 0 saturated carbocycles. The smallest absolute Gasteiger partial charge is 0.312 e. The first-order chi connectivity index (χ1) is 16.3. The molecule has 0 bridgehead atoms. The maximum atomic E-state index is 14.2. The van der Waals surface area contributed by atoms with Gasteiger partial charge in [0.2, 0.25) is 11.8 Å². The predicted molar refractivity (Wildman–Crippen MR) is 125 cm³/mol. The molecule has 0 aromatic carbocycles. The molecule has 8 heteroatoms. The molecule has 7 atom stereocenters. The molecule has 4 aliphatic rings. The lowest BCUT2D eigenvalue weighted by Gasteiger charge is -2.41. The van der Waals surface area contributed by atoms with E-state index in [1.54, 1.807) is 4.90 Å². The quantitative estimate of drug-likeness (QED) is 0.468. The number of aliphatic hydroxyl groups excluding tert-OH is 1. The van der Waals surface area contributed by atoms with E-state index < -0.39 is 41.6 Å². The molecule has 0 aliphatic carbocycles. The molecule has 0 aromatic rings. The number of rotatable bonds is 6. The van der Waals surface area contributed by atoms with E-state index in [9.17, 15) is 19.5 Å².